The van der Waals surface area contributed by atoms with Gasteiger partial charge in [-0.25, -0.2) is 0 Å². The first-order valence-electron chi connectivity index (χ1n) is 9.33. The second kappa shape index (κ2) is 21.4. The Bertz CT molecular complexity index is 710. The van der Waals surface area contributed by atoms with Crippen molar-refractivity contribution in [2.75, 3.05) is 6.61 Å². The molecule has 0 saturated heterocycles. The monoisotopic (exact) mass is 522 g/mol. The van der Waals surface area contributed by atoms with Gasteiger partial charge in [-0.1, -0.05) is 57.2 Å². The van der Waals surface area contributed by atoms with Crippen molar-refractivity contribution in [1.29, 1.82) is 0 Å². The van der Waals surface area contributed by atoms with E-state index in [1.165, 1.54) is 21.5 Å². The summed E-state index contributed by atoms with van der Waals surface area (Å²) in [6, 6.07) is 19.3. The normalized spacial score (nSPS) is 9.19. The van der Waals surface area contributed by atoms with E-state index in [-0.39, 0.29) is 44.4 Å². The minimum Gasteiger partial charge on any atom is -0.358 e. The molecule has 180 valence electrons. The van der Waals surface area contributed by atoms with Crippen LogP contribution in [0.2, 0.25) is 19.6 Å². The van der Waals surface area contributed by atoms with Crippen LogP contribution in [0.1, 0.15) is 27.7 Å². The molecule has 0 atom stereocenters. The Labute approximate surface area is 215 Å². The van der Waals surface area contributed by atoms with E-state index in [2.05, 4.69) is 59.4 Å². The number of hydrogen-bond donors (Lipinski definition) is 2. The zero-order valence-corrected chi connectivity index (χ0v) is 24.5. The van der Waals surface area contributed by atoms with Gasteiger partial charge in [0.05, 0.1) is 0 Å². The maximum absolute atomic E-state index is 8.66. The molecule has 0 aliphatic heterocycles. The van der Waals surface area contributed by atoms with Crippen molar-refractivity contribution in [2.24, 2.45) is 0 Å². The summed E-state index contributed by atoms with van der Waals surface area (Å²) in [7, 11) is -1.61. The summed E-state index contributed by atoms with van der Waals surface area (Å²) in [6.07, 6.45) is 0. The molecule has 31 heavy (non-hydrogen) atoms. The Kier molecular flexibility index (Phi) is 28.2. The molecule has 3 rings (SSSR count). The summed E-state index contributed by atoms with van der Waals surface area (Å²) >= 11 is 1.75. The maximum Gasteiger partial charge on any atom is -0.0771 e. The number of fused-ring (bicyclic) bond motifs is 3. The van der Waals surface area contributed by atoms with Crippen molar-refractivity contribution in [3.63, 3.8) is 0 Å². The molecule has 7 heteroatoms. The number of nitrogens with one attached hydrogen (secondary N) is 1. The van der Waals surface area contributed by atoms with Crippen LogP contribution in [0, 0.1) is 7.43 Å². The quantitative estimate of drug-likeness (QED) is 0.235. The van der Waals surface area contributed by atoms with E-state index in [4.69, 9.17) is 15.6 Å². The van der Waals surface area contributed by atoms with E-state index in [9.17, 15) is 0 Å². The molecule has 0 fully saturated rings. The van der Waals surface area contributed by atoms with E-state index in [1.54, 1.807) is 26.9 Å². The Morgan fingerprint density at radius 3 is 1.32 bits per heavy atom. The van der Waals surface area contributed by atoms with Gasteiger partial charge in [-0.3, -0.25) is 0 Å². The maximum atomic E-state index is 8.66. The fourth-order valence-corrected chi connectivity index (χ4v) is 1.90. The van der Waals surface area contributed by atoms with Crippen LogP contribution in [0.25, 0.3) is 27.3 Å². The van der Waals surface area contributed by atoms with Gasteiger partial charge in [0.2, 0.25) is 0 Å². The van der Waals surface area contributed by atoms with Crippen LogP contribution in [-0.2, 0) is 20.0 Å². The van der Waals surface area contributed by atoms with Gasteiger partial charge in [-0.2, -0.15) is 0 Å². The minimum absolute atomic E-state index is 0. The van der Waals surface area contributed by atoms with Gasteiger partial charge < -0.3 is 23.1 Å². The van der Waals surface area contributed by atoms with E-state index in [0.717, 1.165) is 0 Å². The number of halogens is 2. The third kappa shape index (κ3) is 25.7. The zero-order valence-electron chi connectivity index (χ0n) is 20.3. The SMILES string of the molecule is CC(C)(C)[NH-].CCO.C[Si](C)(C)O.Cl.Cl.[CH2]=[Ti].[CH3-].c1ccc2c(c1)[cH-]c1ccccc12. The van der Waals surface area contributed by atoms with Crippen LogP contribution >= 0.6 is 24.8 Å². The van der Waals surface area contributed by atoms with Crippen LogP contribution in [-0.4, -0.2) is 35.2 Å². The number of aliphatic hydroxyl groups is 1. The van der Waals surface area contributed by atoms with Crippen molar-refractivity contribution in [1.82, 2.24) is 0 Å². The summed E-state index contributed by atoms with van der Waals surface area (Å²) in [6.45, 7) is 13.1. The molecule has 3 aromatic rings. The Morgan fingerprint density at radius 2 is 1.10 bits per heavy atom. The van der Waals surface area contributed by atoms with E-state index in [1.807, 2.05) is 40.4 Å². The molecule has 0 radical (unpaired) electrons. The molecule has 3 nitrogen and oxygen atoms in total. The summed E-state index contributed by atoms with van der Waals surface area (Å²) in [5.41, 5.74) is 6.69. The summed E-state index contributed by atoms with van der Waals surface area (Å²) in [5.74, 6) is 0. The molecule has 3 N–H and O–H groups in total. The molecule has 0 aromatic heterocycles. The number of benzene rings is 2. The topological polar surface area (TPSA) is 64.3 Å². The Morgan fingerprint density at radius 1 is 0.903 bits per heavy atom. The van der Waals surface area contributed by atoms with Gasteiger partial charge >= 0.3 is 24.8 Å². The van der Waals surface area contributed by atoms with Crippen LogP contribution in [0.5, 0.6) is 0 Å². The average molecular weight is 523 g/mol. The number of hydrogen-bond acceptors (Lipinski definition) is 2. The first-order chi connectivity index (χ1) is 12.9. The van der Waals surface area contributed by atoms with Crippen LogP contribution < -0.4 is 0 Å². The van der Waals surface area contributed by atoms with Gasteiger partial charge in [-0.15, -0.1) is 70.1 Å². The largest absolute Gasteiger partial charge is 0.358 e. The van der Waals surface area contributed by atoms with Crippen LogP contribution in [0.3, 0.4) is 0 Å². The average Bonchev–Trinajstić information content (AvgIpc) is 2.93. The predicted octanol–water partition coefficient (Wildman–Crippen LogP) is 7.62. The van der Waals surface area contributed by atoms with Gasteiger partial charge in [0.1, 0.15) is 0 Å². The number of rotatable bonds is 0. The van der Waals surface area contributed by atoms with Crippen molar-refractivity contribution in [3.05, 3.63) is 67.8 Å². The van der Waals surface area contributed by atoms with E-state index >= 15 is 0 Å². The van der Waals surface area contributed by atoms with Crippen molar-refractivity contribution in [3.8, 4) is 0 Å². The van der Waals surface area contributed by atoms with Crippen molar-refractivity contribution >= 4 is 59.5 Å². The third-order valence-electron chi connectivity index (χ3n) is 2.52. The van der Waals surface area contributed by atoms with Crippen LogP contribution in [0.15, 0.2) is 54.6 Å². The van der Waals surface area contributed by atoms with Gasteiger partial charge in [-0.05, 0) is 26.6 Å². The molecule has 3 aromatic carbocycles. The fourth-order valence-electron chi connectivity index (χ4n) is 1.90. The van der Waals surface area contributed by atoms with Gasteiger partial charge in [0.15, 0.2) is 8.32 Å². The zero-order chi connectivity index (χ0) is 22.4. The van der Waals surface area contributed by atoms with Crippen LogP contribution in [0.4, 0.5) is 0 Å². The Balaban J connectivity index is -0.000000108. The minimum atomic E-state index is -1.61. The molecule has 0 heterocycles. The summed E-state index contributed by atoms with van der Waals surface area (Å²) in [4.78, 5) is 11.9. The summed E-state index contributed by atoms with van der Waals surface area (Å²) < 4.78 is 0. The molecule has 0 aliphatic rings. The standard InChI is InChI=1S/C13H9.C4H10N.C3H10OSi.C2H6O.CH3.CH2.2ClH.Ti/c1-3-7-12-10(5-1)9-11-6-2-4-8-13(11)12;1-4(2,3)5;1-5(2,3)4;1-2-3;;;;;/h1-9H;5H,1-3H3;4H,1-3H3;3H,2H2,1H3;1H3;1H2;2*1H;/q2*-1;;;-1;;;;. The first-order valence-corrected chi connectivity index (χ1v) is 13.9. The second-order valence-corrected chi connectivity index (χ2v) is 12.4. The summed E-state index contributed by atoms with van der Waals surface area (Å²) in [5, 5.41) is 13.0. The predicted molar refractivity (Wildman–Crippen MR) is 147 cm³/mol. The second-order valence-electron chi connectivity index (χ2n) is 8.06. The van der Waals surface area contributed by atoms with Crippen molar-refractivity contribution in [2.45, 2.75) is 52.9 Å². The molecule has 0 bridgehead atoms. The third-order valence-corrected chi connectivity index (χ3v) is 2.52. The number of aliphatic hydroxyl groups excluding tert-OH is 1. The molecule has 0 aliphatic carbocycles. The van der Waals surface area contributed by atoms with E-state index < -0.39 is 8.32 Å². The molecule has 0 saturated carbocycles. The molecule has 0 unspecified atom stereocenters. The smallest absolute Gasteiger partial charge is 0.0771 e. The molecule has 0 amide bonds. The van der Waals surface area contributed by atoms with Gasteiger partial charge in [0.25, 0.3) is 0 Å². The first kappa shape index (κ1) is 40.9. The van der Waals surface area contributed by atoms with Crippen molar-refractivity contribution < 1.29 is 29.9 Å². The van der Waals surface area contributed by atoms with E-state index in [0.29, 0.717) is 0 Å². The molecule has 0 spiro atoms. The molecular weight excluding hydrogens is 481 g/mol. The molecular formula is C24H42Cl2NO2SiTi-3. The fraction of sp³-hybridized carbons (Fsp3) is 0.375. The Hall–Kier alpha value is -0.429. The van der Waals surface area contributed by atoms with Gasteiger partial charge in [0, 0.05) is 6.61 Å².